The first-order chi connectivity index (χ1) is 15.9. The van der Waals surface area contributed by atoms with Crippen LogP contribution in [0.25, 0.3) is 5.69 Å². The van der Waals surface area contributed by atoms with Crippen molar-refractivity contribution in [1.29, 1.82) is 0 Å². The first-order valence-corrected chi connectivity index (χ1v) is 11.6. The summed E-state index contributed by atoms with van der Waals surface area (Å²) < 4.78 is 42.4. The largest absolute Gasteiger partial charge is 0.352 e. The van der Waals surface area contributed by atoms with Crippen molar-refractivity contribution in [1.82, 2.24) is 15.1 Å². The van der Waals surface area contributed by atoms with E-state index in [1.54, 1.807) is 16.9 Å². The fourth-order valence-electron chi connectivity index (χ4n) is 3.20. The summed E-state index contributed by atoms with van der Waals surface area (Å²) in [6.45, 7) is 0.394. The van der Waals surface area contributed by atoms with Gasteiger partial charge >= 0.3 is 0 Å². The lowest BCUT2D eigenvalue weighted by atomic mass is 10.1. The number of anilines is 1. The van der Waals surface area contributed by atoms with Crippen LogP contribution < -0.4 is 10.0 Å². The first-order valence-electron chi connectivity index (χ1n) is 10.2. The zero-order valence-electron chi connectivity index (χ0n) is 17.5. The highest BCUT2D eigenvalue weighted by molar-refractivity contribution is 7.92. The zero-order valence-corrected chi connectivity index (χ0v) is 18.3. The second-order valence-corrected chi connectivity index (χ2v) is 8.95. The average molecular weight is 465 g/mol. The van der Waals surface area contributed by atoms with Crippen molar-refractivity contribution >= 4 is 21.6 Å². The molecule has 0 fully saturated rings. The third kappa shape index (κ3) is 5.64. The number of nitrogens with zero attached hydrogens (tertiary/aromatic N) is 2. The third-order valence-electron chi connectivity index (χ3n) is 4.91. The Morgan fingerprint density at radius 3 is 2.42 bits per heavy atom. The van der Waals surface area contributed by atoms with E-state index in [1.165, 1.54) is 30.3 Å². The van der Waals surface area contributed by atoms with Gasteiger partial charge in [0.25, 0.3) is 15.9 Å². The lowest BCUT2D eigenvalue weighted by Crippen LogP contribution is -2.26. The summed E-state index contributed by atoms with van der Waals surface area (Å²) in [5.41, 5.74) is 2.45. The Hall–Kier alpha value is -3.98. The number of aromatic nitrogens is 2. The minimum absolute atomic E-state index is 0.0614. The number of hydrogen-bond donors (Lipinski definition) is 2. The van der Waals surface area contributed by atoms with Gasteiger partial charge in [0, 0.05) is 30.2 Å². The number of hydrogen-bond acceptors (Lipinski definition) is 4. The van der Waals surface area contributed by atoms with Crippen LogP contribution in [0, 0.1) is 5.82 Å². The van der Waals surface area contributed by atoms with E-state index in [0.29, 0.717) is 13.0 Å². The number of sulfonamides is 1. The fraction of sp³-hybridized carbons (Fsp3) is 0.0833. The standard InChI is InChI=1S/C24H21FN4O3S/c25-20-7-9-21(10-8-20)28-33(31,32)23-4-1-3-19(17-23)24(30)26-15-13-18-5-11-22(12-6-18)29-16-2-14-27-29/h1-12,14,16-17,28H,13,15H2,(H,26,30). The van der Waals surface area contributed by atoms with Crippen LogP contribution in [0.4, 0.5) is 10.1 Å². The van der Waals surface area contributed by atoms with Crippen molar-refractivity contribution in [3.05, 3.63) is 108 Å². The molecule has 0 aliphatic heterocycles. The molecule has 0 saturated carbocycles. The Bertz CT molecular complexity index is 1340. The van der Waals surface area contributed by atoms with E-state index in [4.69, 9.17) is 0 Å². The van der Waals surface area contributed by atoms with Gasteiger partial charge in [-0.1, -0.05) is 18.2 Å². The highest BCUT2D eigenvalue weighted by Crippen LogP contribution is 2.18. The summed E-state index contributed by atoms with van der Waals surface area (Å²) in [5, 5.41) is 6.99. The van der Waals surface area contributed by atoms with Crippen LogP contribution in [0.5, 0.6) is 0 Å². The number of carbonyl (C=O) groups is 1. The quantitative estimate of drug-likeness (QED) is 0.415. The summed E-state index contributed by atoms with van der Waals surface area (Å²) in [4.78, 5) is 12.5. The minimum atomic E-state index is -3.93. The van der Waals surface area contributed by atoms with Crippen LogP contribution in [-0.4, -0.2) is 30.7 Å². The van der Waals surface area contributed by atoms with Gasteiger partial charge in [0.1, 0.15) is 5.82 Å². The van der Waals surface area contributed by atoms with Crippen molar-refractivity contribution in [2.45, 2.75) is 11.3 Å². The van der Waals surface area contributed by atoms with E-state index in [-0.39, 0.29) is 22.1 Å². The molecule has 0 aliphatic carbocycles. The molecule has 2 N–H and O–H groups in total. The smallest absolute Gasteiger partial charge is 0.261 e. The van der Waals surface area contributed by atoms with Crippen LogP contribution >= 0.6 is 0 Å². The molecule has 0 bridgehead atoms. The van der Waals surface area contributed by atoms with Gasteiger partial charge in [0.2, 0.25) is 0 Å². The molecule has 0 radical (unpaired) electrons. The van der Waals surface area contributed by atoms with E-state index in [9.17, 15) is 17.6 Å². The fourth-order valence-corrected chi connectivity index (χ4v) is 4.30. The Morgan fingerprint density at radius 2 is 1.73 bits per heavy atom. The number of benzene rings is 3. The molecule has 1 amide bonds. The molecule has 4 rings (SSSR count). The summed E-state index contributed by atoms with van der Waals surface area (Å²) in [6.07, 6.45) is 4.19. The average Bonchev–Trinajstić information content (AvgIpc) is 3.36. The highest BCUT2D eigenvalue weighted by Gasteiger charge is 2.16. The van der Waals surface area contributed by atoms with Gasteiger partial charge in [-0.15, -0.1) is 0 Å². The third-order valence-corrected chi connectivity index (χ3v) is 6.29. The number of amides is 1. The Balaban J connectivity index is 1.36. The number of halogens is 1. The monoisotopic (exact) mass is 464 g/mol. The molecule has 0 aliphatic rings. The number of nitrogens with one attached hydrogen (secondary N) is 2. The summed E-state index contributed by atoms with van der Waals surface area (Å²) in [6, 6.07) is 20.4. The lowest BCUT2D eigenvalue weighted by molar-refractivity contribution is 0.0954. The van der Waals surface area contributed by atoms with Crippen molar-refractivity contribution in [3.63, 3.8) is 0 Å². The molecule has 33 heavy (non-hydrogen) atoms. The predicted molar refractivity (Wildman–Crippen MR) is 123 cm³/mol. The molecule has 0 saturated heterocycles. The second kappa shape index (κ2) is 9.66. The van der Waals surface area contributed by atoms with Crippen LogP contribution in [0.15, 0.2) is 96.2 Å². The number of carbonyl (C=O) groups excluding carboxylic acids is 1. The van der Waals surface area contributed by atoms with Gasteiger partial charge in [0.05, 0.1) is 10.6 Å². The molecule has 7 nitrogen and oxygen atoms in total. The van der Waals surface area contributed by atoms with Crippen molar-refractivity contribution in [2.75, 3.05) is 11.3 Å². The normalized spacial score (nSPS) is 11.2. The molecule has 1 aromatic heterocycles. The molecule has 168 valence electrons. The van der Waals surface area contributed by atoms with Gasteiger partial charge in [-0.05, 0) is 72.6 Å². The zero-order chi connectivity index (χ0) is 23.3. The molecule has 4 aromatic rings. The van der Waals surface area contributed by atoms with Gasteiger partial charge in [-0.25, -0.2) is 17.5 Å². The Kier molecular flexibility index (Phi) is 6.50. The van der Waals surface area contributed by atoms with E-state index < -0.39 is 15.8 Å². The van der Waals surface area contributed by atoms with E-state index in [0.717, 1.165) is 23.4 Å². The molecule has 3 aromatic carbocycles. The highest BCUT2D eigenvalue weighted by atomic mass is 32.2. The maximum atomic E-state index is 13.0. The van der Waals surface area contributed by atoms with Gasteiger partial charge in [-0.2, -0.15) is 5.10 Å². The maximum absolute atomic E-state index is 13.0. The maximum Gasteiger partial charge on any atom is 0.261 e. The Morgan fingerprint density at radius 1 is 0.970 bits per heavy atom. The van der Waals surface area contributed by atoms with Crippen molar-refractivity contribution in [3.8, 4) is 5.69 Å². The van der Waals surface area contributed by atoms with E-state index >= 15 is 0 Å². The van der Waals surface area contributed by atoms with E-state index in [1.807, 2.05) is 36.5 Å². The van der Waals surface area contributed by atoms with Gasteiger partial charge in [-0.3, -0.25) is 9.52 Å². The molecule has 0 spiro atoms. The van der Waals surface area contributed by atoms with Crippen LogP contribution in [0.3, 0.4) is 0 Å². The molecule has 0 unspecified atom stereocenters. The molecule has 0 atom stereocenters. The molecule has 9 heteroatoms. The van der Waals surface area contributed by atoms with Crippen molar-refractivity contribution in [2.24, 2.45) is 0 Å². The van der Waals surface area contributed by atoms with Crippen LogP contribution in [0.2, 0.25) is 0 Å². The van der Waals surface area contributed by atoms with Crippen LogP contribution in [0.1, 0.15) is 15.9 Å². The minimum Gasteiger partial charge on any atom is -0.352 e. The predicted octanol–water partition coefficient (Wildman–Crippen LogP) is 3.78. The molecular formula is C24H21FN4O3S. The van der Waals surface area contributed by atoms with Crippen molar-refractivity contribution < 1.29 is 17.6 Å². The van der Waals surface area contributed by atoms with E-state index in [2.05, 4.69) is 15.1 Å². The summed E-state index contributed by atoms with van der Waals surface area (Å²) >= 11 is 0. The summed E-state index contributed by atoms with van der Waals surface area (Å²) in [7, 11) is -3.93. The molecular weight excluding hydrogens is 443 g/mol. The second-order valence-electron chi connectivity index (χ2n) is 7.26. The lowest BCUT2D eigenvalue weighted by Gasteiger charge is -2.10. The SMILES string of the molecule is O=C(NCCc1ccc(-n2cccn2)cc1)c1cccc(S(=O)(=O)Nc2ccc(F)cc2)c1. The van der Waals surface area contributed by atoms with Crippen LogP contribution in [-0.2, 0) is 16.4 Å². The van der Waals surface area contributed by atoms with Gasteiger partial charge < -0.3 is 5.32 Å². The number of rotatable bonds is 8. The summed E-state index contributed by atoms with van der Waals surface area (Å²) in [5.74, 6) is -0.840. The topological polar surface area (TPSA) is 93.1 Å². The van der Waals surface area contributed by atoms with Gasteiger partial charge in [0.15, 0.2) is 0 Å². The Labute approximate surface area is 190 Å². The first kappa shape index (κ1) is 22.2. The molecule has 1 heterocycles.